The van der Waals surface area contributed by atoms with Gasteiger partial charge in [-0.1, -0.05) is 20.3 Å². The monoisotopic (exact) mass is 199 g/mol. The van der Waals surface area contributed by atoms with Gasteiger partial charge in [-0.15, -0.1) is 0 Å². The summed E-state index contributed by atoms with van der Waals surface area (Å²) in [7, 11) is 0. The second-order valence-electron chi connectivity index (χ2n) is 4.70. The van der Waals surface area contributed by atoms with Gasteiger partial charge in [0.05, 0.1) is 6.10 Å². The van der Waals surface area contributed by atoms with Crippen molar-refractivity contribution in [1.29, 1.82) is 0 Å². The molecule has 2 N–H and O–H groups in total. The van der Waals surface area contributed by atoms with Crippen LogP contribution in [0.3, 0.4) is 0 Å². The molecule has 2 heteroatoms. The van der Waals surface area contributed by atoms with Crippen LogP contribution in [-0.4, -0.2) is 18.8 Å². The third kappa shape index (κ3) is 3.25. The summed E-state index contributed by atoms with van der Waals surface area (Å²) < 4.78 is 5.54. The molecule has 1 aliphatic carbocycles. The molecule has 1 saturated carbocycles. The smallest absolute Gasteiger partial charge is 0.0580 e. The van der Waals surface area contributed by atoms with Crippen molar-refractivity contribution in [2.75, 3.05) is 6.61 Å². The molecule has 0 aromatic rings. The van der Waals surface area contributed by atoms with Crippen molar-refractivity contribution >= 4 is 0 Å². The Labute approximate surface area is 88.2 Å². The van der Waals surface area contributed by atoms with Gasteiger partial charge in [0.2, 0.25) is 0 Å². The molecular weight excluding hydrogens is 174 g/mol. The molecule has 0 radical (unpaired) electrons. The predicted octanol–water partition coefficient (Wildman–Crippen LogP) is 2.57. The summed E-state index contributed by atoms with van der Waals surface area (Å²) in [6, 6.07) is 0.396. The van der Waals surface area contributed by atoms with Gasteiger partial charge in [0.25, 0.3) is 0 Å². The first-order chi connectivity index (χ1) is 6.67. The lowest BCUT2D eigenvalue weighted by molar-refractivity contribution is -0.0293. The number of rotatable bonds is 6. The van der Waals surface area contributed by atoms with E-state index >= 15 is 0 Å². The Morgan fingerprint density at radius 1 is 1.36 bits per heavy atom. The third-order valence-electron chi connectivity index (χ3n) is 3.58. The van der Waals surface area contributed by atoms with Gasteiger partial charge in [0.1, 0.15) is 0 Å². The minimum atomic E-state index is 0.396. The van der Waals surface area contributed by atoms with Crippen LogP contribution in [0, 0.1) is 11.8 Å². The van der Waals surface area contributed by atoms with E-state index in [1.807, 2.05) is 0 Å². The van der Waals surface area contributed by atoms with Crippen molar-refractivity contribution in [3.63, 3.8) is 0 Å². The maximum Gasteiger partial charge on any atom is 0.0580 e. The molecule has 84 valence electrons. The van der Waals surface area contributed by atoms with Crippen LogP contribution in [-0.2, 0) is 4.74 Å². The van der Waals surface area contributed by atoms with Gasteiger partial charge in [-0.05, 0) is 38.0 Å². The molecule has 1 fully saturated rings. The Balaban J connectivity index is 2.10. The summed E-state index contributed by atoms with van der Waals surface area (Å²) in [5.41, 5.74) is 6.12. The highest BCUT2D eigenvalue weighted by molar-refractivity contribution is 4.84. The van der Waals surface area contributed by atoms with E-state index in [1.54, 1.807) is 0 Å². The summed E-state index contributed by atoms with van der Waals surface area (Å²) in [6.07, 6.45) is 5.39. The van der Waals surface area contributed by atoms with Gasteiger partial charge in [0.15, 0.2) is 0 Å². The maximum absolute atomic E-state index is 6.12. The van der Waals surface area contributed by atoms with E-state index in [0.29, 0.717) is 18.1 Å². The standard InChI is InChI=1S/C12H25NO/c1-4-9(3)12(13)8-10-6-11(7-10)14-5-2/h9-12H,4-8,13H2,1-3H3. The van der Waals surface area contributed by atoms with Crippen molar-refractivity contribution in [2.45, 2.75) is 58.6 Å². The first kappa shape index (κ1) is 12.0. The quantitative estimate of drug-likeness (QED) is 0.713. The van der Waals surface area contributed by atoms with Crippen molar-refractivity contribution in [3.05, 3.63) is 0 Å². The molecule has 0 aromatic heterocycles. The Bertz CT molecular complexity index is 154. The summed E-state index contributed by atoms with van der Waals surface area (Å²) >= 11 is 0. The second-order valence-corrected chi connectivity index (χ2v) is 4.70. The first-order valence-electron chi connectivity index (χ1n) is 6.04. The van der Waals surface area contributed by atoms with Crippen LogP contribution in [0.1, 0.15) is 46.5 Å². The van der Waals surface area contributed by atoms with E-state index in [-0.39, 0.29) is 0 Å². The lowest BCUT2D eigenvalue weighted by Gasteiger charge is -2.37. The first-order valence-corrected chi connectivity index (χ1v) is 6.04. The molecule has 2 unspecified atom stereocenters. The number of ether oxygens (including phenoxy) is 1. The van der Waals surface area contributed by atoms with Crippen molar-refractivity contribution in [1.82, 2.24) is 0 Å². The molecule has 0 amide bonds. The van der Waals surface area contributed by atoms with Gasteiger partial charge < -0.3 is 10.5 Å². The lowest BCUT2D eigenvalue weighted by Crippen LogP contribution is -2.38. The zero-order valence-corrected chi connectivity index (χ0v) is 9.83. The summed E-state index contributed by atoms with van der Waals surface area (Å²) in [6.45, 7) is 7.39. The highest BCUT2D eigenvalue weighted by Gasteiger charge is 2.31. The molecule has 2 nitrogen and oxygen atoms in total. The van der Waals surface area contributed by atoms with E-state index in [0.717, 1.165) is 12.5 Å². The van der Waals surface area contributed by atoms with Gasteiger partial charge in [0, 0.05) is 12.6 Å². The molecule has 0 aliphatic heterocycles. The molecule has 14 heavy (non-hydrogen) atoms. The Morgan fingerprint density at radius 2 is 2.00 bits per heavy atom. The van der Waals surface area contributed by atoms with E-state index in [4.69, 9.17) is 10.5 Å². The van der Waals surface area contributed by atoms with Crippen molar-refractivity contribution in [2.24, 2.45) is 17.6 Å². The normalized spacial score (nSPS) is 30.9. The molecule has 0 aromatic carbocycles. The molecule has 0 heterocycles. The lowest BCUT2D eigenvalue weighted by atomic mass is 9.76. The maximum atomic E-state index is 6.12. The predicted molar refractivity (Wildman–Crippen MR) is 60.2 cm³/mol. The van der Waals surface area contributed by atoms with Gasteiger partial charge >= 0.3 is 0 Å². The van der Waals surface area contributed by atoms with Crippen LogP contribution in [0.5, 0.6) is 0 Å². The molecule has 1 rings (SSSR count). The molecular formula is C12H25NO. The SMILES string of the molecule is CCOC1CC(CC(N)C(C)CC)C1. The number of nitrogens with two attached hydrogens (primary N) is 1. The van der Waals surface area contributed by atoms with Crippen molar-refractivity contribution in [3.8, 4) is 0 Å². The van der Waals surface area contributed by atoms with Crippen molar-refractivity contribution < 1.29 is 4.74 Å². The van der Waals surface area contributed by atoms with E-state index in [1.165, 1.54) is 25.7 Å². The Morgan fingerprint density at radius 3 is 2.50 bits per heavy atom. The van der Waals surface area contributed by atoms with Crippen LogP contribution in [0.25, 0.3) is 0 Å². The molecule has 0 spiro atoms. The van der Waals surface area contributed by atoms with E-state index in [2.05, 4.69) is 20.8 Å². The highest BCUT2D eigenvalue weighted by atomic mass is 16.5. The van der Waals surface area contributed by atoms with E-state index in [9.17, 15) is 0 Å². The molecule has 2 atom stereocenters. The molecule has 0 bridgehead atoms. The fourth-order valence-electron chi connectivity index (χ4n) is 2.16. The number of hydrogen-bond donors (Lipinski definition) is 1. The Kier molecular flexibility index (Phi) is 4.90. The fourth-order valence-corrected chi connectivity index (χ4v) is 2.16. The minimum Gasteiger partial charge on any atom is -0.378 e. The van der Waals surface area contributed by atoms with Crippen LogP contribution in [0.2, 0.25) is 0 Å². The third-order valence-corrected chi connectivity index (χ3v) is 3.58. The largest absolute Gasteiger partial charge is 0.378 e. The van der Waals surface area contributed by atoms with Crippen LogP contribution < -0.4 is 5.73 Å². The minimum absolute atomic E-state index is 0.396. The van der Waals surface area contributed by atoms with Crippen LogP contribution in [0.15, 0.2) is 0 Å². The zero-order valence-electron chi connectivity index (χ0n) is 9.83. The van der Waals surface area contributed by atoms with Gasteiger partial charge in [-0.25, -0.2) is 0 Å². The topological polar surface area (TPSA) is 35.2 Å². The average Bonchev–Trinajstić information content (AvgIpc) is 2.13. The summed E-state index contributed by atoms with van der Waals surface area (Å²) in [5.74, 6) is 1.50. The second kappa shape index (κ2) is 5.72. The van der Waals surface area contributed by atoms with E-state index < -0.39 is 0 Å². The fraction of sp³-hybridized carbons (Fsp3) is 1.00. The number of hydrogen-bond acceptors (Lipinski definition) is 2. The molecule has 1 aliphatic rings. The highest BCUT2D eigenvalue weighted by Crippen LogP contribution is 2.34. The Hall–Kier alpha value is -0.0800. The van der Waals surface area contributed by atoms with Crippen LogP contribution >= 0.6 is 0 Å². The van der Waals surface area contributed by atoms with Crippen LogP contribution in [0.4, 0.5) is 0 Å². The van der Waals surface area contributed by atoms with Gasteiger partial charge in [-0.3, -0.25) is 0 Å². The summed E-state index contributed by atoms with van der Waals surface area (Å²) in [5, 5.41) is 0. The summed E-state index contributed by atoms with van der Waals surface area (Å²) in [4.78, 5) is 0. The molecule has 0 saturated heterocycles. The zero-order chi connectivity index (χ0) is 10.6. The van der Waals surface area contributed by atoms with Gasteiger partial charge in [-0.2, -0.15) is 0 Å². The average molecular weight is 199 g/mol.